The molecular weight excluding hydrogens is 218 g/mol. The third kappa shape index (κ3) is 1.61. The lowest BCUT2D eigenvalue weighted by Crippen LogP contribution is -1.95. The van der Waals surface area contributed by atoms with E-state index in [2.05, 4.69) is 20.9 Å². The molecule has 0 N–H and O–H groups in total. The quantitative estimate of drug-likeness (QED) is 0.636. The molecule has 0 atom stereocenters. The molecule has 2 rings (SSSR count). The molecule has 0 amide bonds. The molecule has 0 aromatic carbocycles. The van der Waals surface area contributed by atoms with E-state index in [1.54, 1.807) is 0 Å². The SMILES string of the molecule is Brc1ccc2c(n1)CCCCO2. The zero-order chi connectivity index (χ0) is 8.39. The van der Waals surface area contributed by atoms with Gasteiger partial charge < -0.3 is 4.74 Å². The highest BCUT2D eigenvalue weighted by atomic mass is 79.9. The molecule has 0 saturated carbocycles. The van der Waals surface area contributed by atoms with Crippen LogP contribution in [-0.2, 0) is 6.42 Å². The summed E-state index contributed by atoms with van der Waals surface area (Å²) in [5.74, 6) is 0.954. The van der Waals surface area contributed by atoms with Gasteiger partial charge in [-0.2, -0.15) is 0 Å². The average Bonchev–Trinajstić information content (AvgIpc) is 2.28. The van der Waals surface area contributed by atoms with Gasteiger partial charge in [-0.3, -0.25) is 0 Å². The van der Waals surface area contributed by atoms with E-state index in [-0.39, 0.29) is 0 Å². The van der Waals surface area contributed by atoms with E-state index in [4.69, 9.17) is 4.74 Å². The lowest BCUT2D eigenvalue weighted by Gasteiger charge is -2.04. The molecule has 12 heavy (non-hydrogen) atoms. The minimum Gasteiger partial charge on any atom is -0.492 e. The Hall–Kier alpha value is -0.570. The first-order chi connectivity index (χ1) is 5.86. The van der Waals surface area contributed by atoms with Crippen LogP contribution in [0.4, 0.5) is 0 Å². The number of ether oxygens (including phenoxy) is 1. The fourth-order valence-electron chi connectivity index (χ4n) is 1.35. The van der Waals surface area contributed by atoms with Crippen LogP contribution in [0, 0.1) is 0 Å². The van der Waals surface area contributed by atoms with Crippen LogP contribution in [-0.4, -0.2) is 11.6 Å². The van der Waals surface area contributed by atoms with E-state index in [1.165, 1.54) is 6.42 Å². The molecule has 1 aliphatic rings. The first-order valence-electron chi connectivity index (χ1n) is 4.14. The van der Waals surface area contributed by atoms with E-state index in [1.807, 2.05) is 12.1 Å². The number of rotatable bonds is 0. The Balaban J connectivity index is 2.36. The molecule has 0 unspecified atom stereocenters. The molecule has 3 heteroatoms. The van der Waals surface area contributed by atoms with Crippen LogP contribution in [0.25, 0.3) is 0 Å². The molecule has 1 aromatic heterocycles. The summed E-state index contributed by atoms with van der Waals surface area (Å²) in [6.45, 7) is 0.830. The molecular formula is C9H10BrNO. The van der Waals surface area contributed by atoms with Crippen molar-refractivity contribution >= 4 is 15.9 Å². The van der Waals surface area contributed by atoms with Gasteiger partial charge in [-0.05, 0) is 47.3 Å². The van der Waals surface area contributed by atoms with Crippen molar-refractivity contribution in [2.24, 2.45) is 0 Å². The van der Waals surface area contributed by atoms with Crippen molar-refractivity contribution in [3.05, 3.63) is 22.4 Å². The first-order valence-corrected chi connectivity index (χ1v) is 4.94. The summed E-state index contributed by atoms with van der Waals surface area (Å²) < 4.78 is 6.42. The van der Waals surface area contributed by atoms with Gasteiger partial charge >= 0.3 is 0 Å². The lowest BCUT2D eigenvalue weighted by molar-refractivity contribution is 0.316. The van der Waals surface area contributed by atoms with E-state index in [9.17, 15) is 0 Å². The molecule has 0 spiro atoms. The molecule has 1 aromatic rings. The summed E-state index contributed by atoms with van der Waals surface area (Å²) in [5.41, 5.74) is 1.09. The summed E-state index contributed by atoms with van der Waals surface area (Å²) in [7, 11) is 0. The summed E-state index contributed by atoms with van der Waals surface area (Å²) in [4.78, 5) is 4.37. The Morgan fingerprint density at radius 3 is 3.17 bits per heavy atom. The van der Waals surface area contributed by atoms with Gasteiger partial charge in [-0.1, -0.05) is 0 Å². The maximum absolute atomic E-state index is 5.52. The van der Waals surface area contributed by atoms with Crippen molar-refractivity contribution in [1.29, 1.82) is 0 Å². The highest BCUT2D eigenvalue weighted by molar-refractivity contribution is 9.10. The van der Waals surface area contributed by atoms with Crippen LogP contribution in [0.5, 0.6) is 5.75 Å². The molecule has 0 fully saturated rings. The van der Waals surface area contributed by atoms with Gasteiger partial charge in [-0.25, -0.2) is 4.98 Å². The standard InChI is InChI=1S/C9H10BrNO/c10-9-5-4-8-7(11-9)3-1-2-6-12-8/h4-5H,1-3,6H2. The number of halogens is 1. The predicted octanol–water partition coefficient (Wildman–Crippen LogP) is 2.56. The van der Waals surface area contributed by atoms with E-state index in [0.717, 1.165) is 35.5 Å². The number of nitrogens with zero attached hydrogens (tertiary/aromatic N) is 1. The van der Waals surface area contributed by atoms with Crippen LogP contribution >= 0.6 is 15.9 Å². The van der Waals surface area contributed by atoms with Gasteiger partial charge in [0.15, 0.2) is 0 Å². The fraction of sp³-hybridized carbons (Fsp3) is 0.444. The summed E-state index contributed by atoms with van der Waals surface area (Å²) in [6.07, 6.45) is 3.35. The second-order valence-corrected chi connectivity index (χ2v) is 3.70. The summed E-state index contributed by atoms with van der Waals surface area (Å²) >= 11 is 3.35. The first kappa shape index (κ1) is 8.05. The minimum absolute atomic E-state index is 0.830. The molecule has 0 aliphatic carbocycles. The van der Waals surface area contributed by atoms with Crippen LogP contribution in [0.2, 0.25) is 0 Å². The number of aromatic nitrogens is 1. The van der Waals surface area contributed by atoms with Crippen molar-refractivity contribution < 1.29 is 4.74 Å². The van der Waals surface area contributed by atoms with Gasteiger partial charge in [0.2, 0.25) is 0 Å². The second-order valence-electron chi connectivity index (χ2n) is 2.88. The lowest BCUT2D eigenvalue weighted by atomic mass is 10.2. The predicted molar refractivity (Wildman–Crippen MR) is 50.4 cm³/mol. The van der Waals surface area contributed by atoms with Gasteiger partial charge in [0.1, 0.15) is 10.4 Å². The zero-order valence-electron chi connectivity index (χ0n) is 6.72. The smallest absolute Gasteiger partial charge is 0.140 e. The second kappa shape index (κ2) is 3.44. The van der Waals surface area contributed by atoms with Gasteiger partial charge in [-0.15, -0.1) is 0 Å². The van der Waals surface area contributed by atoms with Crippen LogP contribution in [0.1, 0.15) is 18.5 Å². The summed E-state index contributed by atoms with van der Waals surface area (Å²) in [5, 5.41) is 0. The van der Waals surface area contributed by atoms with Crippen molar-refractivity contribution in [3.8, 4) is 5.75 Å². The van der Waals surface area contributed by atoms with E-state index in [0.29, 0.717) is 0 Å². The van der Waals surface area contributed by atoms with Crippen molar-refractivity contribution in [2.75, 3.05) is 6.61 Å². The van der Waals surface area contributed by atoms with Crippen molar-refractivity contribution in [3.63, 3.8) is 0 Å². The fourth-order valence-corrected chi connectivity index (χ4v) is 1.70. The van der Waals surface area contributed by atoms with Crippen molar-refractivity contribution in [2.45, 2.75) is 19.3 Å². The van der Waals surface area contributed by atoms with E-state index >= 15 is 0 Å². The number of aryl methyl sites for hydroxylation is 1. The normalized spacial score (nSPS) is 16.1. The third-order valence-electron chi connectivity index (χ3n) is 1.96. The molecule has 0 radical (unpaired) electrons. The van der Waals surface area contributed by atoms with Gasteiger partial charge in [0, 0.05) is 0 Å². The molecule has 64 valence electrons. The maximum Gasteiger partial charge on any atom is 0.140 e. The maximum atomic E-state index is 5.52. The molecule has 0 bridgehead atoms. The third-order valence-corrected chi connectivity index (χ3v) is 2.41. The number of pyridine rings is 1. The number of hydrogen-bond acceptors (Lipinski definition) is 2. The Morgan fingerprint density at radius 1 is 1.33 bits per heavy atom. The summed E-state index contributed by atoms with van der Waals surface area (Å²) in [6, 6.07) is 3.90. The van der Waals surface area contributed by atoms with Crippen molar-refractivity contribution in [1.82, 2.24) is 4.98 Å². The number of fused-ring (bicyclic) bond motifs is 1. The zero-order valence-corrected chi connectivity index (χ0v) is 8.30. The van der Waals surface area contributed by atoms with E-state index < -0.39 is 0 Å². The minimum atomic E-state index is 0.830. The Labute approximate surface area is 80.1 Å². The van der Waals surface area contributed by atoms with Crippen LogP contribution in [0.15, 0.2) is 16.7 Å². The Bertz CT molecular complexity index is 288. The highest BCUT2D eigenvalue weighted by Crippen LogP contribution is 2.23. The molecule has 1 aliphatic heterocycles. The Morgan fingerprint density at radius 2 is 2.25 bits per heavy atom. The van der Waals surface area contributed by atoms with Crippen LogP contribution in [0.3, 0.4) is 0 Å². The number of hydrogen-bond donors (Lipinski definition) is 0. The highest BCUT2D eigenvalue weighted by Gasteiger charge is 2.09. The largest absolute Gasteiger partial charge is 0.492 e. The van der Waals surface area contributed by atoms with Gasteiger partial charge in [0.05, 0.1) is 12.3 Å². The monoisotopic (exact) mass is 227 g/mol. The Kier molecular flexibility index (Phi) is 2.30. The molecule has 2 nitrogen and oxygen atoms in total. The average molecular weight is 228 g/mol. The molecule has 2 heterocycles. The molecule has 0 saturated heterocycles. The topological polar surface area (TPSA) is 22.1 Å². The van der Waals surface area contributed by atoms with Crippen LogP contribution < -0.4 is 4.74 Å². The van der Waals surface area contributed by atoms with Gasteiger partial charge in [0.25, 0.3) is 0 Å².